The molecule has 0 radical (unpaired) electrons. The first kappa shape index (κ1) is 17.8. The van der Waals surface area contributed by atoms with Crippen LogP contribution in [0.15, 0.2) is 59.5 Å². The molecular formula is C21H20N4O3. The van der Waals surface area contributed by atoms with Gasteiger partial charge in [0.2, 0.25) is 0 Å². The number of methoxy groups -OCH3 is 1. The van der Waals surface area contributed by atoms with Crippen LogP contribution >= 0.6 is 0 Å². The Labute approximate surface area is 161 Å². The fourth-order valence-corrected chi connectivity index (χ4v) is 3.33. The summed E-state index contributed by atoms with van der Waals surface area (Å²) in [6.07, 6.45) is 1.60. The number of fused-ring (bicyclic) bond motifs is 3. The van der Waals surface area contributed by atoms with Crippen LogP contribution in [0.5, 0.6) is 5.75 Å². The van der Waals surface area contributed by atoms with Gasteiger partial charge in [-0.2, -0.15) is 5.10 Å². The topological polar surface area (TPSA) is 68.8 Å². The number of aromatic nitrogens is 3. The number of nitrogens with zero attached hydrogens (tertiary/aromatic N) is 4. The molecule has 0 aliphatic carbocycles. The van der Waals surface area contributed by atoms with Crippen molar-refractivity contribution in [3.05, 3.63) is 76.2 Å². The number of rotatable bonds is 4. The Morgan fingerprint density at radius 2 is 1.89 bits per heavy atom. The predicted molar refractivity (Wildman–Crippen MR) is 107 cm³/mol. The fourth-order valence-electron chi connectivity index (χ4n) is 3.33. The Kier molecular flexibility index (Phi) is 4.35. The van der Waals surface area contributed by atoms with Gasteiger partial charge in [0.15, 0.2) is 0 Å². The summed E-state index contributed by atoms with van der Waals surface area (Å²) in [5.74, 6) is 0.603. The summed E-state index contributed by atoms with van der Waals surface area (Å²) in [7, 11) is 5.01. The highest BCUT2D eigenvalue weighted by atomic mass is 16.5. The van der Waals surface area contributed by atoms with Crippen LogP contribution in [0.25, 0.3) is 16.6 Å². The molecule has 7 heteroatoms. The van der Waals surface area contributed by atoms with Crippen LogP contribution < -0.4 is 10.3 Å². The largest absolute Gasteiger partial charge is 0.497 e. The molecule has 4 rings (SSSR count). The molecule has 0 spiro atoms. The molecule has 0 saturated heterocycles. The highest BCUT2D eigenvalue weighted by molar-refractivity contribution is 5.97. The van der Waals surface area contributed by atoms with Crippen molar-refractivity contribution in [1.82, 2.24) is 19.1 Å². The van der Waals surface area contributed by atoms with Crippen LogP contribution in [0.1, 0.15) is 15.9 Å². The molecular weight excluding hydrogens is 356 g/mol. The van der Waals surface area contributed by atoms with Gasteiger partial charge in [0.25, 0.3) is 11.5 Å². The third-order valence-electron chi connectivity index (χ3n) is 4.73. The Balaban J connectivity index is 1.97. The van der Waals surface area contributed by atoms with Gasteiger partial charge in [-0.05, 0) is 42.0 Å². The lowest BCUT2D eigenvalue weighted by Crippen LogP contribution is -2.25. The van der Waals surface area contributed by atoms with Crippen LogP contribution in [0.3, 0.4) is 0 Å². The lowest BCUT2D eigenvalue weighted by atomic mass is 10.1. The van der Waals surface area contributed by atoms with Crippen molar-refractivity contribution in [2.45, 2.75) is 6.54 Å². The minimum absolute atomic E-state index is 0.122. The molecule has 0 N–H and O–H groups in total. The van der Waals surface area contributed by atoms with Crippen LogP contribution in [0, 0.1) is 0 Å². The van der Waals surface area contributed by atoms with Crippen molar-refractivity contribution < 1.29 is 9.53 Å². The molecule has 0 aliphatic heterocycles. The maximum Gasteiger partial charge on any atom is 0.277 e. The molecule has 2 heterocycles. The Bertz CT molecular complexity index is 1250. The molecule has 4 aromatic rings. The zero-order valence-corrected chi connectivity index (χ0v) is 15.9. The molecule has 0 unspecified atom stereocenters. The van der Waals surface area contributed by atoms with Gasteiger partial charge in [0.1, 0.15) is 11.3 Å². The number of ether oxygens (including phenoxy) is 1. The number of benzene rings is 2. The third-order valence-corrected chi connectivity index (χ3v) is 4.73. The van der Waals surface area contributed by atoms with E-state index in [2.05, 4.69) is 5.10 Å². The molecule has 0 saturated carbocycles. The SMILES string of the molecule is COc1cccc(Cn2c(=O)c3ccnn3c3ccc(C(=O)N(C)C)cc32)c1. The first-order valence-electron chi connectivity index (χ1n) is 8.84. The Morgan fingerprint density at radius 3 is 2.64 bits per heavy atom. The Hall–Kier alpha value is -3.61. The number of hydrogen-bond acceptors (Lipinski definition) is 4. The van der Waals surface area contributed by atoms with Crippen molar-refractivity contribution >= 4 is 22.5 Å². The van der Waals surface area contributed by atoms with Crippen molar-refractivity contribution in [2.75, 3.05) is 21.2 Å². The van der Waals surface area contributed by atoms with Crippen molar-refractivity contribution in [3.8, 4) is 5.75 Å². The van der Waals surface area contributed by atoms with Gasteiger partial charge in [-0.15, -0.1) is 0 Å². The van der Waals surface area contributed by atoms with E-state index in [1.54, 1.807) is 54.7 Å². The zero-order chi connectivity index (χ0) is 19.8. The van der Waals surface area contributed by atoms with Gasteiger partial charge in [0.05, 0.1) is 30.9 Å². The van der Waals surface area contributed by atoms with E-state index in [0.717, 1.165) is 16.8 Å². The second-order valence-electron chi connectivity index (χ2n) is 6.77. The summed E-state index contributed by atoms with van der Waals surface area (Å²) in [5.41, 5.74) is 3.18. The van der Waals surface area contributed by atoms with E-state index in [1.165, 1.54) is 4.90 Å². The highest BCUT2D eigenvalue weighted by Gasteiger charge is 2.15. The lowest BCUT2D eigenvalue weighted by Gasteiger charge is -2.15. The van der Waals surface area contributed by atoms with Gasteiger partial charge in [0, 0.05) is 19.7 Å². The van der Waals surface area contributed by atoms with Crippen molar-refractivity contribution in [3.63, 3.8) is 0 Å². The fraction of sp³-hybridized carbons (Fsp3) is 0.190. The third kappa shape index (κ3) is 2.90. The average Bonchev–Trinajstić information content (AvgIpc) is 3.20. The maximum absolute atomic E-state index is 13.2. The van der Waals surface area contributed by atoms with Gasteiger partial charge >= 0.3 is 0 Å². The minimum Gasteiger partial charge on any atom is -0.497 e. The van der Waals surface area contributed by atoms with Gasteiger partial charge < -0.3 is 14.2 Å². The molecule has 7 nitrogen and oxygen atoms in total. The first-order chi connectivity index (χ1) is 13.5. The molecule has 0 fully saturated rings. The predicted octanol–water partition coefficient (Wildman–Crippen LogP) is 2.41. The summed E-state index contributed by atoms with van der Waals surface area (Å²) in [6.45, 7) is 0.355. The number of amides is 1. The zero-order valence-electron chi connectivity index (χ0n) is 15.9. The highest BCUT2D eigenvalue weighted by Crippen LogP contribution is 2.20. The number of hydrogen-bond donors (Lipinski definition) is 0. The van der Waals surface area contributed by atoms with Gasteiger partial charge in [-0.25, -0.2) is 4.52 Å². The molecule has 0 atom stereocenters. The van der Waals surface area contributed by atoms with Crippen LogP contribution in [0.2, 0.25) is 0 Å². The monoisotopic (exact) mass is 376 g/mol. The lowest BCUT2D eigenvalue weighted by molar-refractivity contribution is 0.0827. The molecule has 2 aromatic carbocycles. The molecule has 0 bridgehead atoms. The molecule has 0 aliphatic rings. The van der Waals surface area contributed by atoms with Crippen LogP contribution in [0.4, 0.5) is 0 Å². The summed E-state index contributed by atoms with van der Waals surface area (Å²) in [5, 5.41) is 4.28. The number of carbonyl (C=O) groups excluding carboxylic acids is 1. The van der Waals surface area contributed by atoms with Crippen LogP contribution in [-0.2, 0) is 6.54 Å². The van der Waals surface area contributed by atoms with E-state index in [4.69, 9.17) is 4.74 Å². The Morgan fingerprint density at radius 1 is 1.07 bits per heavy atom. The average molecular weight is 376 g/mol. The molecule has 2 aromatic heterocycles. The van der Waals surface area contributed by atoms with Crippen LogP contribution in [-0.4, -0.2) is 46.2 Å². The summed E-state index contributed by atoms with van der Waals surface area (Å²) in [6, 6.07) is 14.6. The van der Waals surface area contributed by atoms with E-state index in [1.807, 2.05) is 30.3 Å². The van der Waals surface area contributed by atoms with E-state index in [9.17, 15) is 9.59 Å². The van der Waals surface area contributed by atoms with E-state index in [0.29, 0.717) is 23.1 Å². The quantitative estimate of drug-likeness (QED) is 0.549. The molecule has 28 heavy (non-hydrogen) atoms. The summed E-state index contributed by atoms with van der Waals surface area (Å²) < 4.78 is 8.58. The molecule has 142 valence electrons. The van der Waals surface area contributed by atoms with Gasteiger partial charge in [-0.3, -0.25) is 9.59 Å². The second kappa shape index (κ2) is 6.84. The number of carbonyl (C=O) groups is 1. The van der Waals surface area contributed by atoms with E-state index >= 15 is 0 Å². The summed E-state index contributed by atoms with van der Waals surface area (Å²) in [4.78, 5) is 27.1. The normalized spacial score (nSPS) is 11.1. The standard InChI is InChI=1S/C21H20N4O3/c1-23(2)20(26)15-7-8-17-19(12-15)24(21(27)18-9-10-22-25(17)18)13-14-5-4-6-16(11-14)28-3/h4-12H,13H2,1-3H3. The second-order valence-corrected chi connectivity index (χ2v) is 6.77. The van der Waals surface area contributed by atoms with Gasteiger partial charge in [-0.1, -0.05) is 12.1 Å². The van der Waals surface area contributed by atoms with E-state index < -0.39 is 0 Å². The smallest absolute Gasteiger partial charge is 0.277 e. The van der Waals surface area contributed by atoms with Crippen molar-refractivity contribution in [2.24, 2.45) is 0 Å². The minimum atomic E-state index is -0.165. The molecule has 1 amide bonds. The maximum atomic E-state index is 13.2. The summed E-state index contributed by atoms with van der Waals surface area (Å²) >= 11 is 0. The first-order valence-corrected chi connectivity index (χ1v) is 8.84. The van der Waals surface area contributed by atoms with Crippen molar-refractivity contribution in [1.29, 1.82) is 0 Å². The van der Waals surface area contributed by atoms with E-state index in [-0.39, 0.29) is 11.5 Å².